The minimum Gasteiger partial charge on any atom is -0.449 e. The maximum atomic E-state index is 5.29. The van der Waals surface area contributed by atoms with E-state index in [0.29, 0.717) is 11.8 Å². The Kier molecular flexibility index (Phi) is 3.39. The standard InChI is InChI=1S/C12H16N2OS/c1-8(2)12-14-7-10(16-12)6-9(3)11-13-4-5-15-11/h4-5,7-9H,6H2,1-3H3. The lowest BCUT2D eigenvalue weighted by Gasteiger charge is -2.04. The fourth-order valence-corrected chi connectivity index (χ4v) is 2.60. The molecule has 0 aliphatic heterocycles. The average Bonchev–Trinajstić information content (AvgIpc) is 2.87. The first-order valence-corrected chi connectivity index (χ1v) is 6.32. The van der Waals surface area contributed by atoms with Crippen molar-refractivity contribution in [1.29, 1.82) is 0 Å². The number of thiazole rings is 1. The Labute approximate surface area is 99.6 Å². The second kappa shape index (κ2) is 4.78. The van der Waals surface area contributed by atoms with Gasteiger partial charge in [0.15, 0.2) is 5.89 Å². The molecule has 1 unspecified atom stereocenters. The van der Waals surface area contributed by atoms with Gasteiger partial charge in [0.1, 0.15) is 6.26 Å². The van der Waals surface area contributed by atoms with Crippen LogP contribution < -0.4 is 0 Å². The third-order valence-electron chi connectivity index (χ3n) is 2.45. The summed E-state index contributed by atoms with van der Waals surface area (Å²) in [5.74, 6) is 1.63. The lowest BCUT2D eigenvalue weighted by Crippen LogP contribution is -1.96. The lowest BCUT2D eigenvalue weighted by atomic mass is 10.1. The third kappa shape index (κ3) is 2.50. The molecule has 0 aliphatic carbocycles. The highest BCUT2D eigenvalue weighted by atomic mass is 32.1. The maximum Gasteiger partial charge on any atom is 0.197 e. The summed E-state index contributed by atoms with van der Waals surface area (Å²) in [7, 11) is 0. The van der Waals surface area contributed by atoms with E-state index in [1.807, 2.05) is 6.20 Å². The van der Waals surface area contributed by atoms with E-state index in [1.54, 1.807) is 23.8 Å². The molecule has 2 rings (SSSR count). The van der Waals surface area contributed by atoms with Crippen LogP contribution in [0.15, 0.2) is 23.1 Å². The van der Waals surface area contributed by atoms with E-state index < -0.39 is 0 Å². The van der Waals surface area contributed by atoms with Gasteiger partial charge >= 0.3 is 0 Å². The summed E-state index contributed by atoms with van der Waals surface area (Å²) < 4.78 is 5.29. The molecular formula is C12H16N2OS. The van der Waals surface area contributed by atoms with Crippen molar-refractivity contribution < 1.29 is 4.42 Å². The zero-order valence-corrected chi connectivity index (χ0v) is 10.6. The van der Waals surface area contributed by atoms with Crippen LogP contribution in [0.1, 0.15) is 48.4 Å². The molecule has 3 nitrogen and oxygen atoms in total. The van der Waals surface area contributed by atoms with E-state index in [0.717, 1.165) is 12.3 Å². The molecule has 0 radical (unpaired) electrons. The van der Waals surface area contributed by atoms with Crippen LogP contribution in [0.3, 0.4) is 0 Å². The van der Waals surface area contributed by atoms with E-state index in [4.69, 9.17) is 4.42 Å². The molecule has 2 aromatic rings. The molecule has 0 spiro atoms. The second-order valence-electron chi connectivity index (χ2n) is 4.30. The minimum atomic E-state index is 0.315. The smallest absolute Gasteiger partial charge is 0.197 e. The fraction of sp³-hybridized carbons (Fsp3) is 0.500. The molecule has 0 aliphatic rings. The molecule has 1 atom stereocenters. The van der Waals surface area contributed by atoms with E-state index in [9.17, 15) is 0 Å². The topological polar surface area (TPSA) is 38.9 Å². The molecule has 2 heterocycles. The highest BCUT2D eigenvalue weighted by molar-refractivity contribution is 7.11. The molecule has 0 saturated carbocycles. The molecule has 4 heteroatoms. The second-order valence-corrected chi connectivity index (χ2v) is 5.44. The van der Waals surface area contributed by atoms with Gasteiger partial charge in [0.25, 0.3) is 0 Å². The van der Waals surface area contributed by atoms with Crippen molar-refractivity contribution in [2.24, 2.45) is 0 Å². The van der Waals surface area contributed by atoms with Gasteiger partial charge in [-0.3, -0.25) is 0 Å². The van der Waals surface area contributed by atoms with Gasteiger partial charge in [0.05, 0.1) is 11.2 Å². The molecule has 0 N–H and O–H groups in total. The van der Waals surface area contributed by atoms with Gasteiger partial charge in [-0.25, -0.2) is 9.97 Å². The van der Waals surface area contributed by atoms with Crippen LogP contribution in [0.4, 0.5) is 0 Å². The Morgan fingerprint density at radius 1 is 1.31 bits per heavy atom. The number of aromatic nitrogens is 2. The van der Waals surface area contributed by atoms with Crippen LogP contribution in [0, 0.1) is 0 Å². The number of rotatable bonds is 4. The molecular weight excluding hydrogens is 220 g/mol. The number of nitrogens with zero attached hydrogens (tertiary/aromatic N) is 2. The monoisotopic (exact) mass is 236 g/mol. The van der Waals surface area contributed by atoms with Gasteiger partial charge in [-0.2, -0.15) is 0 Å². The summed E-state index contributed by atoms with van der Waals surface area (Å²) >= 11 is 1.79. The van der Waals surface area contributed by atoms with E-state index in [-0.39, 0.29) is 0 Å². The van der Waals surface area contributed by atoms with Crippen molar-refractivity contribution in [3.05, 3.63) is 34.4 Å². The highest BCUT2D eigenvalue weighted by Crippen LogP contribution is 2.26. The van der Waals surface area contributed by atoms with Crippen LogP contribution in [-0.4, -0.2) is 9.97 Å². The van der Waals surface area contributed by atoms with Crippen LogP contribution in [0.5, 0.6) is 0 Å². The van der Waals surface area contributed by atoms with Gasteiger partial charge in [0, 0.05) is 22.9 Å². The lowest BCUT2D eigenvalue weighted by molar-refractivity contribution is 0.458. The quantitative estimate of drug-likeness (QED) is 0.814. The van der Waals surface area contributed by atoms with Gasteiger partial charge in [0.2, 0.25) is 0 Å². The van der Waals surface area contributed by atoms with E-state index in [2.05, 4.69) is 30.7 Å². The SMILES string of the molecule is CC(C)c1ncc(CC(C)c2ncco2)s1. The van der Waals surface area contributed by atoms with Gasteiger partial charge in [-0.05, 0) is 6.42 Å². The van der Waals surface area contributed by atoms with Crippen molar-refractivity contribution in [2.75, 3.05) is 0 Å². The Balaban J connectivity index is 2.03. The summed E-state index contributed by atoms with van der Waals surface area (Å²) in [6, 6.07) is 0. The van der Waals surface area contributed by atoms with E-state index in [1.165, 1.54) is 9.88 Å². The van der Waals surface area contributed by atoms with Gasteiger partial charge < -0.3 is 4.42 Å². The Morgan fingerprint density at radius 3 is 2.69 bits per heavy atom. The van der Waals surface area contributed by atoms with Crippen molar-refractivity contribution in [2.45, 2.75) is 39.0 Å². The van der Waals surface area contributed by atoms with Crippen molar-refractivity contribution in [3.63, 3.8) is 0 Å². The minimum absolute atomic E-state index is 0.315. The van der Waals surface area contributed by atoms with E-state index >= 15 is 0 Å². The van der Waals surface area contributed by atoms with Crippen LogP contribution in [-0.2, 0) is 6.42 Å². The van der Waals surface area contributed by atoms with Crippen molar-refractivity contribution in [1.82, 2.24) is 9.97 Å². The molecule has 0 aromatic carbocycles. The Hall–Kier alpha value is -1.16. The number of hydrogen-bond donors (Lipinski definition) is 0. The normalized spacial score (nSPS) is 13.2. The summed E-state index contributed by atoms with van der Waals surface area (Å²) in [5, 5.41) is 1.20. The molecule has 0 amide bonds. The molecule has 86 valence electrons. The predicted octanol–water partition coefficient (Wildman–Crippen LogP) is 3.60. The van der Waals surface area contributed by atoms with Gasteiger partial charge in [-0.15, -0.1) is 11.3 Å². The molecule has 2 aromatic heterocycles. The first-order valence-electron chi connectivity index (χ1n) is 5.50. The summed E-state index contributed by atoms with van der Waals surface area (Å²) in [6.07, 6.45) is 6.24. The first-order chi connectivity index (χ1) is 7.66. The zero-order valence-electron chi connectivity index (χ0n) is 9.80. The zero-order chi connectivity index (χ0) is 11.5. The Bertz CT molecular complexity index is 434. The van der Waals surface area contributed by atoms with Crippen molar-refractivity contribution >= 4 is 11.3 Å². The maximum absolute atomic E-state index is 5.29. The average molecular weight is 236 g/mol. The first kappa shape index (κ1) is 11.3. The van der Waals surface area contributed by atoms with Gasteiger partial charge in [-0.1, -0.05) is 20.8 Å². The number of oxazole rings is 1. The van der Waals surface area contributed by atoms with Crippen molar-refractivity contribution in [3.8, 4) is 0 Å². The largest absolute Gasteiger partial charge is 0.449 e. The summed E-state index contributed by atoms with van der Waals surface area (Å²) in [4.78, 5) is 9.89. The predicted molar refractivity (Wildman–Crippen MR) is 64.8 cm³/mol. The summed E-state index contributed by atoms with van der Waals surface area (Å²) in [5.41, 5.74) is 0. The fourth-order valence-electron chi connectivity index (χ4n) is 1.55. The summed E-state index contributed by atoms with van der Waals surface area (Å²) in [6.45, 7) is 6.46. The Morgan fingerprint density at radius 2 is 2.12 bits per heavy atom. The number of hydrogen-bond acceptors (Lipinski definition) is 4. The molecule has 0 fully saturated rings. The molecule has 0 saturated heterocycles. The van der Waals surface area contributed by atoms with Crippen LogP contribution >= 0.6 is 11.3 Å². The van der Waals surface area contributed by atoms with Crippen LogP contribution in [0.25, 0.3) is 0 Å². The third-order valence-corrected chi connectivity index (χ3v) is 3.77. The molecule has 16 heavy (non-hydrogen) atoms. The molecule has 0 bridgehead atoms. The highest BCUT2D eigenvalue weighted by Gasteiger charge is 2.13. The van der Waals surface area contributed by atoms with Crippen LogP contribution in [0.2, 0.25) is 0 Å².